The molecule has 1 N–H and O–H groups in total. The number of carbonyl (C=O) groups excluding carboxylic acids is 1. The number of thiophene rings is 1. The summed E-state index contributed by atoms with van der Waals surface area (Å²) in [4.78, 5) is 12.4. The molecule has 0 fully saturated rings. The van der Waals surface area contributed by atoms with E-state index in [1.165, 1.54) is 6.07 Å². The van der Waals surface area contributed by atoms with Gasteiger partial charge in [-0.3, -0.25) is 4.79 Å². The second-order valence-electron chi connectivity index (χ2n) is 4.61. The predicted molar refractivity (Wildman–Crippen MR) is 74.7 cm³/mol. The number of hydrogen-bond donors (Lipinski definition) is 1. The summed E-state index contributed by atoms with van der Waals surface area (Å²) in [5, 5.41) is 0. The van der Waals surface area contributed by atoms with Crippen molar-refractivity contribution >= 4 is 27.3 Å². The summed E-state index contributed by atoms with van der Waals surface area (Å²) in [7, 11) is -3.73. The van der Waals surface area contributed by atoms with Crippen LogP contribution in [0.1, 0.15) is 25.1 Å². The predicted octanol–water partition coefficient (Wildman–Crippen LogP) is 1.92. The third kappa shape index (κ3) is 5.71. The molecule has 7 heteroatoms. The minimum Gasteiger partial charge on any atom is -0.381 e. The highest BCUT2D eigenvalue weighted by Crippen LogP contribution is 2.20. The van der Waals surface area contributed by atoms with E-state index >= 15 is 0 Å². The van der Waals surface area contributed by atoms with Crippen LogP contribution in [0, 0.1) is 12.8 Å². The second kappa shape index (κ2) is 7.02. The molecule has 1 aromatic heterocycles. The molecule has 0 unspecified atom stereocenters. The smallest absolute Gasteiger partial charge is 0.273 e. The standard InChI is InChI=1S/C12H19NO4S2/c1-9(2)8-17-7-6-11(14)13-19(15,16)12-5-4-10(3)18-12/h4-5,9H,6-8H2,1-3H3,(H,13,14). The van der Waals surface area contributed by atoms with Crippen molar-refractivity contribution in [3.05, 3.63) is 17.0 Å². The lowest BCUT2D eigenvalue weighted by Crippen LogP contribution is -2.30. The topological polar surface area (TPSA) is 72.5 Å². The molecule has 0 saturated heterocycles. The molecular weight excluding hydrogens is 286 g/mol. The zero-order chi connectivity index (χ0) is 14.5. The van der Waals surface area contributed by atoms with Crippen molar-refractivity contribution in [2.75, 3.05) is 13.2 Å². The van der Waals surface area contributed by atoms with Gasteiger partial charge in [0.05, 0.1) is 13.0 Å². The Kier molecular flexibility index (Phi) is 5.96. The fourth-order valence-electron chi connectivity index (χ4n) is 1.29. The maximum absolute atomic E-state index is 11.8. The molecule has 0 saturated carbocycles. The third-order valence-corrected chi connectivity index (χ3v) is 5.02. The molecule has 0 spiro atoms. The number of carbonyl (C=O) groups is 1. The first-order valence-electron chi connectivity index (χ1n) is 6.01. The summed E-state index contributed by atoms with van der Waals surface area (Å²) < 4.78 is 31.1. The van der Waals surface area contributed by atoms with E-state index in [1.54, 1.807) is 6.07 Å². The van der Waals surface area contributed by atoms with Gasteiger partial charge in [-0.15, -0.1) is 11.3 Å². The number of aryl methyl sites for hydroxylation is 1. The van der Waals surface area contributed by atoms with Crippen LogP contribution in [0.4, 0.5) is 0 Å². The van der Waals surface area contributed by atoms with Crippen LogP contribution in [0.25, 0.3) is 0 Å². The largest absolute Gasteiger partial charge is 0.381 e. The third-order valence-electron chi connectivity index (χ3n) is 2.15. The average Bonchev–Trinajstić information content (AvgIpc) is 2.71. The Balaban J connectivity index is 2.43. The van der Waals surface area contributed by atoms with Crippen molar-refractivity contribution in [1.82, 2.24) is 4.72 Å². The molecule has 1 amide bonds. The first-order valence-corrected chi connectivity index (χ1v) is 8.31. The lowest BCUT2D eigenvalue weighted by molar-refractivity contribution is -0.120. The molecular formula is C12H19NO4S2. The molecule has 0 atom stereocenters. The first kappa shape index (κ1) is 16.1. The second-order valence-corrected chi connectivity index (χ2v) is 7.81. The molecule has 0 radical (unpaired) electrons. The minimum atomic E-state index is -3.73. The molecule has 108 valence electrons. The van der Waals surface area contributed by atoms with Crippen molar-refractivity contribution in [2.45, 2.75) is 31.4 Å². The number of nitrogens with one attached hydrogen (secondary N) is 1. The number of sulfonamides is 1. The summed E-state index contributed by atoms with van der Waals surface area (Å²) in [6, 6.07) is 3.19. The van der Waals surface area contributed by atoms with Crippen LogP contribution in [-0.2, 0) is 19.6 Å². The van der Waals surface area contributed by atoms with Crippen LogP contribution in [-0.4, -0.2) is 27.5 Å². The van der Waals surface area contributed by atoms with Gasteiger partial charge in [-0.05, 0) is 25.0 Å². The average molecular weight is 305 g/mol. The zero-order valence-electron chi connectivity index (χ0n) is 11.3. The number of rotatable bonds is 7. The number of hydrogen-bond acceptors (Lipinski definition) is 5. The molecule has 1 heterocycles. The summed E-state index contributed by atoms with van der Waals surface area (Å²) in [6.45, 7) is 6.60. The van der Waals surface area contributed by atoms with E-state index in [4.69, 9.17) is 4.74 Å². The van der Waals surface area contributed by atoms with Gasteiger partial charge in [-0.25, -0.2) is 13.1 Å². The Hall–Kier alpha value is -0.920. The number of amides is 1. The van der Waals surface area contributed by atoms with Gasteiger partial charge in [0, 0.05) is 11.5 Å². The van der Waals surface area contributed by atoms with E-state index < -0.39 is 15.9 Å². The van der Waals surface area contributed by atoms with Crippen LogP contribution < -0.4 is 4.72 Å². The van der Waals surface area contributed by atoms with Gasteiger partial charge in [0.1, 0.15) is 4.21 Å². The SMILES string of the molecule is Cc1ccc(S(=O)(=O)NC(=O)CCOCC(C)C)s1. The maximum atomic E-state index is 11.8. The molecule has 0 aliphatic carbocycles. The van der Waals surface area contributed by atoms with Crippen molar-refractivity contribution in [3.8, 4) is 0 Å². The molecule has 0 aromatic carbocycles. The molecule has 5 nitrogen and oxygen atoms in total. The Labute approximate surface area is 118 Å². The molecule has 0 aliphatic heterocycles. The van der Waals surface area contributed by atoms with E-state index in [-0.39, 0.29) is 17.2 Å². The van der Waals surface area contributed by atoms with Crippen LogP contribution in [0.3, 0.4) is 0 Å². The van der Waals surface area contributed by atoms with E-state index in [0.717, 1.165) is 16.2 Å². The molecule has 0 aliphatic rings. The van der Waals surface area contributed by atoms with E-state index in [2.05, 4.69) is 0 Å². The van der Waals surface area contributed by atoms with Gasteiger partial charge in [0.25, 0.3) is 10.0 Å². The highest BCUT2D eigenvalue weighted by Gasteiger charge is 2.19. The fraction of sp³-hybridized carbons (Fsp3) is 0.583. The Morgan fingerprint density at radius 2 is 2.11 bits per heavy atom. The summed E-state index contributed by atoms with van der Waals surface area (Å²) in [5.74, 6) is -0.157. The minimum absolute atomic E-state index is 0.0380. The fourth-order valence-corrected chi connectivity index (χ4v) is 3.59. The highest BCUT2D eigenvalue weighted by atomic mass is 32.2. The Morgan fingerprint density at radius 3 is 2.63 bits per heavy atom. The van der Waals surface area contributed by atoms with Crippen molar-refractivity contribution in [3.63, 3.8) is 0 Å². The van der Waals surface area contributed by atoms with Crippen molar-refractivity contribution < 1.29 is 17.9 Å². The van der Waals surface area contributed by atoms with Gasteiger partial charge < -0.3 is 4.74 Å². The highest BCUT2D eigenvalue weighted by molar-refractivity contribution is 7.92. The maximum Gasteiger partial charge on any atom is 0.273 e. The van der Waals surface area contributed by atoms with Gasteiger partial charge in [0.15, 0.2) is 0 Å². The van der Waals surface area contributed by atoms with Crippen LogP contribution in [0.2, 0.25) is 0 Å². The molecule has 1 rings (SSSR count). The monoisotopic (exact) mass is 305 g/mol. The summed E-state index contributed by atoms with van der Waals surface area (Å²) >= 11 is 1.13. The number of ether oxygens (including phenoxy) is 1. The van der Waals surface area contributed by atoms with Crippen LogP contribution in [0.15, 0.2) is 16.3 Å². The normalized spacial score (nSPS) is 11.8. The lowest BCUT2D eigenvalue weighted by atomic mass is 10.2. The summed E-state index contributed by atoms with van der Waals surface area (Å²) in [5.41, 5.74) is 0. The van der Waals surface area contributed by atoms with Crippen LogP contribution in [0.5, 0.6) is 0 Å². The zero-order valence-corrected chi connectivity index (χ0v) is 12.9. The van der Waals surface area contributed by atoms with Gasteiger partial charge in [-0.2, -0.15) is 0 Å². The Bertz CT molecular complexity index is 520. The van der Waals surface area contributed by atoms with Gasteiger partial charge >= 0.3 is 0 Å². The molecule has 1 aromatic rings. The first-order chi connectivity index (χ1) is 8.81. The van der Waals surface area contributed by atoms with Gasteiger partial charge in [-0.1, -0.05) is 13.8 Å². The van der Waals surface area contributed by atoms with Gasteiger partial charge in [0.2, 0.25) is 5.91 Å². The molecule has 19 heavy (non-hydrogen) atoms. The van der Waals surface area contributed by atoms with Crippen LogP contribution >= 0.6 is 11.3 Å². The quantitative estimate of drug-likeness (QED) is 0.781. The van der Waals surface area contributed by atoms with Crippen molar-refractivity contribution in [2.24, 2.45) is 5.92 Å². The Morgan fingerprint density at radius 1 is 1.42 bits per heavy atom. The lowest BCUT2D eigenvalue weighted by Gasteiger charge is -2.07. The molecule has 0 bridgehead atoms. The van der Waals surface area contributed by atoms with E-state index in [1.807, 2.05) is 25.5 Å². The van der Waals surface area contributed by atoms with Crippen molar-refractivity contribution in [1.29, 1.82) is 0 Å². The van der Waals surface area contributed by atoms with E-state index in [9.17, 15) is 13.2 Å². The summed E-state index contributed by atoms with van der Waals surface area (Å²) in [6.07, 6.45) is 0.0380. The van der Waals surface area contributed by atoms with E-state index in [0.29, 0.717) is 12.5 Å².